The van der Waals surface area contributed by atoms with Gasteiger partial charge in [0.05, 0.1) is 5.57 Å². The van der Waals surface area contributed by atoms with Gasteiger partial charge in [0.2, 0.25) is 0 Å². The van der Waals surface area contributed by atoms with Crippen molar-refractivity contribution in [2.24, 2.45) is 5.73 Å². The van der Waals surface area contributed by atoms with Crippen LogP contribution >= 0.6 is 28.3 Å². The van der Waals surface area contributed by atoms with Crippen molar-refractivity contribution >= 4 is 40.3 Å². The molecular formula is C20H20BrClN2O2. The van der Waals surface area contributed by atoms with E-state index in [9.17, 15) is 4.79 Å². The third-order valence-corrected chi connectivity index (χ3v) is 5.33. The summed E-state index contributed by atoms with van der Waals surface area (Å²) in [5, 5.41) is 0. The largest absolute Gasteiger partial charge is 0.488 e. The molecule has 2 aliphatic rings. The number of rotatable bonds is 2. The first-order chi connectivity index (χ1) is 12.1. The lowest BCUT2D eigenvalue weighted by molar-refractivity contribution is -0.126. The molecule has 2 aromatic rings. The Hall–Kier alpha value is -1.82. The van der Waals surface area contributed by atoms with Gasteiger partial charge in [0.25, 0.3) is 5.91 Å². The van der Waals surface area contributed by atoms with Crippen LogP contribution in [-0.4, -0.2) is 36.5 Å². The van der Waals surface area contributed by atoms with E-state index in [0.29, 0.717) is 25.3 Å². The van der Waals surface area contributed by atoms with Crippen LogP contribution in [0.1, 0.15) is 17.0 Å². The molecule has 0 aromatic heterocycles. The smallest absolute Gasteiger partial charge is 0.253 e. The van der Waals surface area contributed by atoms with E-state index in [4.69, 9.17) is 10.5 Å². The molecule has 0 unspecified atom stereocenters. The fraction of sp³-hybridized carbons (Fsp3) is 0.250. The van der Waals surface area contributed by atoms with Crippen molar-refractivity contribution in [3.63, 3.8) is 0 Å². The van der Waals surface area contributed by atoms with E-state index < -0.39 is 0 Å². The third kappa shape index (κ3) is 3.65. The van der Waals surface area contributed by atoms with Crippen LogP contribution in [0.3, 0.4) is 0 Å². The summed E-state index contributed by atoms with van der Waals surface area (Å²) < 4.78 is 6.71. The van der Waals surface area contributed by atoms with Gasteiger partial charge in [0.15, 0.2) is 0 Å². The van der Waals surface area contributed by atoms with Gasteiger partial charge in [-0.3, -0.25) is 4.79 Å². The molecule has 0 bridgehead atoms. The summed E-state index contributed by atoms with van der Waals surface area (Å²) in [4.78, 5) is 14.8. The van der Waals surface area contributed by atoms with E-state index in [2.05, 4.69) is 28.1 Å². The van der Waals surface area contributed by atoms with Crippen molar-refractivity contribution in [1.82, 2.24) is 4.90 Å². The van der Waals surface area contributed by atoms with E-state index in [1.54, 1.807) is 0 Å². The first kappa shape index (κ1) is 19.0. The van der Waals surface area contributed by atoms with Crippen LogP contribution in [0.2, 0.25) is 0 Å². The number of benzene rings is 2. The maximum atomic E-state index is 12.9. The minimum atomic E-state index is -0.0436. The number of fused-ring (bicyclic) bond motifs is 1. The Morgan fingerprint density at radius 2 is 1.92 bits per heavy atom. The molecule has 1 amide bonds. The van der Waals surface area contributed by atoms with Crippen molar-refractivity contribution in [3.05, 3.63) is 69.7 Å². The zero-order valence-electron chi connectivity index (χ0n) is 14.1. The van der Waals surface area contributed by atoms with Gasteiger partial charge in [-0.05, 0) is 29.8 Å². The summed E-state index contributed by atoms with van der Waals surface area (Å²) in [6, 6.07) is 15.9. The molecule has 2 aliphatic heterocycles. The molecular weight excluding hydrogens is 416 g/mol. The summed E-state index contributed by atoms with van der Waals surface area (Å²) in [7, 11) is 0. The number of carbonyl (C=O) groups is 1. The van der Waals surface area contributed by atoms with Crippen molar-refractivity contribution in [1.29, 1.82) is 0 Å². The predicted octanol–water partition coefficient (Wildman–Crippen LogP) is 3.60. The first-order valence-electron chi connectivity index (χ1n) is 8.34. The van der Waals surface area contributed by atoms with E-state index in [-0.39, 0.29) is 30.3 Å². The number of nitrogens with zero attached hydrogens (tertiary/aromatic N) is 1. The molecule has 0 saturated carbocycles. The highest BCUT2D eigenvalue weighted by molar-refractivity contribution is 9.10. The highest BCUT2D eigenvalue weighted by Gasteiger charge is 2.35. The molecule has 1 fully saturated rings. The summed E-state index contributed by atoms with van der Waals surface area (Å²) >= 11 is 3.46. The first-order valence-corrected chi connectivity index (χ1v) is 9.14. The van der Waals surface area contributed by atoms with Crippen molar-refractivity contribution in [3.8, 4) is 5.75 Å². The summed E-state index contributed by atoms with van der Waals surface area (Å²) in [6.45, 7) is 1.52. The molecule has 136 valence electrons. The molecule has 4 rings (SSSR count). The third-order valence-electron chi connectivity index (χ3n) is 4.84. The molecule has 0 radical (unpaired) electrons. The molecule has 2 heterocycles. The minimum Gasteiger partial charge on any atom is -0.488 e. The van der Waals surface area contributed by atoms with Crippen LogP contribution in [0.4, 0.5) is 0 Å². The quantitative estimate of drug-likeness (QED) is 0.784. The fourth-order valence-corrected chi connectivity index (χ4v) is 3.90. The Kier molecular flexibility index (Phi) is 5.70. The summed E-state index contributed by atoms with van der Waals surface area (Å²) in [5.74, 6) is 0.997. The number of halogens is 2. The van der Waals surface area contributed by atoms with Gasteiger partial charge in [0.1, 0.15) is 12.4 Å². The molecule has 6 heteroatoms. The number of nitrogens with two attached hydrogens (primary N) is 1. The summed E-state index contributed by atoms with van der Waals surface area (Å²) in [6.07, 6.45) is 1.92. The maximum absolute atomic E-state index is 12.9. The zero-order valence-corrected chi connectivity index (χ0v) is 16.5. The normalized spacial score (nSPS) is 21.3. The Balaban J connectivity index is 0.00000196. The van der Waals surface area contributed by atoms with E-state index in [1.807, 2.05) is 47.4 Å². The summed E-state index contributed by atoms with van der Waals surface area (Å²) in [5.41, 5.74) is 9.10. The van der Waals surface area contributed by atoms with E-state index in [1.165, 1.54) is 5.56 Å². The van der Waals surface area contributed by atoms with E-state index >= 15 is 0 Å². The molecule has 26 heavy (non-hydrogen) atoms. The Labute approximate surface area is 167 Å². The highest BCUT2D eigenvalue weighted by Crippen LogP contribution is 2.32. The van der Waals surface area contributed by atoms with E-state index in [0.717, 1.165) is 15.8 Å². The number of carbonyl (C=O) groups excluding carboxylic acids is 1. The number of hydrogen-bond donors (Lipinski definition) is 1. The monoisotopic (exact) mass is 434 g/mol. The van der Waals surface area contributed by atoms with Crippen LogP contribution in [0, 0.1) is 0 Å². The lowest BCUT2D eigenvalue weighted by Gasteiger charge is -2.22. The number of ether oxygens (including phenoxy) is 1. The van der Waals surface area contributed by atoms with Gasteiger partial charge in [-0.15, -0.1) is 12.4 Å². The zero-order chi connectivity index (χ0) is 17.4. The standard InChI is InChI=1S/C20H19BrN2O2.ClH/c21-16-6-7-19-14(9-16)8-15(12-25-19)20(24)23-10-17(18(22)11-23)13-4-2-1-3-5-13;/h1-9,17-18H,10-12,22H2;1H/t17-,18+;/m0./s1. The number of amides is 1. The maximum Gasteiger partial charge on any atom is 0.253 e. The van der Waals surface area contributed by atoms with Crippen LogP contribution in [0.25, 0.3) is 6.08 Å². The second-order valence-electron chi connectivity index (χ2n) is 6.53. The Morgan fingerprint density at radius 1 is 1.15 bits per heavy atom. The van der Waals surface area contributed by atoms with Crippen molar-refractivity contribution in [2.45, 2.75) is 12.0 Å². The van der Waals surface area contributed by atoms with Crippen molar-refractivity contribution in [2.75, 3.05) is 19.7 Å². The van der Waals surface area contributed by atoms with Crippen LogP contribution < -0.4 is 10.5 Å². The predicted molar refractivity (Wildman–Crippen MR) is 109 cm³/mol. The van der Waals surface area contributed by atoms with Crippen LogP contribution in [-0.2, 0) is 4.79 Å². The second kappa shape index (κ2) is 7.82. The van der Waals surface area contributed by atoms with Crippen LogP contribution in [0.5, 0.6) is 5.75 Å². The molecule has 2 atom stereocenters. The topological polar surface area (TPSA) is 55.6 Å². The average molecular weight is 436 g/mol. The van der Waals surface area contributed by atoms with Gasteiger partial charge in [-0.1, -0.05) is 46.3 Å². The Morgan fingerprint density at radius 3 is 2.69 bits per heavy atom. The fourth-order valence-electron chi connectivity index (χ4n) is 3.52. The molecule has 2 N–H and O–H groups in total. The lowest BCUT2D eigenvalue weighted by atomic mass is 9.95. The molecule has 2 aromatic carbocycles. The molecule has 0 spiro atoms. The highest BCUT2D eigenvalue weighted by atomic mass is 79.9. The molecule has 4 nitrogen and oxygen atoms in total. The molecule has 0 aliphatic carbocycles. The molecule has 1 saturated heterocycles. The Bertz CT molecular complexity index is 841. The SMILES string of the molecule is Cl.N[C@@H]1CN(C(=O)C2=Cc3cc(Br)ccc3OC2)C[C@H]1c1ccccc1. The van der Waals surface area contributed by atoms with Gasteiger partial charge in [-0.25, -0.2) is 0 Å². The second-order valence-corrected chi connectivity index (χ2v) is 7.45. The van der Waals surface area contributed by atoms with Gasteiger partial charge < -0.3 is 15.4 Å². The van der Waals surface area contributed by atoms with Crippen LogP contribution in [0.15, 0.2) is 58.6 Å². The van der Waals surface area contributed by atoms with Gasteiger partial charge >= 0.3 is 0 Å². The lowest BCUT2D eigenvalue weighted by Crippen LogP contribution is -2.34. The number of likely N-dealkylation sites (tertiary alicyclic amines) is 1. The van der Waals surface area contributed by atoms with Crippen molar-refractivity contribution < 1.29 is 9.53 Å². The van der Waals surface area contributed by atoms with Gasteiger partial charge in [-0.2, -0.15) is 0 Å². The number of hydrogen-bond acceptors (Lipinski definition) is 3. The minimum absolute atomic E-state index is 0. The van der Waals surface area contributed by atoms with Gasteiger partial charge in [0, 0.05) is 35.1 Å². The average Bonchev–Trinajstić information content (AvgIpc) is 3.03.